The monoisotopic (exact) mass is 562 g/mol. The molecule has 1 unspecified atom stereocenters. The van der Waals surface area contributed by atoms with Crippen LogP contribution in [-0.2, 0) is 11.0 Å². The SMILES string of the molecule is CC1CCCN1C(=O)c1ccc2c(N3CCC(C(=O)O)CC3)nn(C(=O)c3c(Cl)cccc3C(F)(F)F)c2c1. The largest absolute Gasteiger partial charge is 0.481 e. The maximum Gasteiger partial charge on any atom is 0.417 e. The third kappa shape index (κ3) is 4.95. The topological polar surface area (TPSA) is 95.7 Å². The van der Waals surface area contributed by atoms with Crippen LogP contribution in [-0.4, -0.2) is 63.2 Å². The number of anilines is 1. The number of piperidine rings is 1. The minimum Gasteiger partial charge on any atom is -0.481 e. The van der Waals surface area contributed by atoms with Crippen molar-refractivity contribution >= 4 is 46.1 Å². The third-order valence-corrected chi connectivity index (χ3v) is 7.91. The van der Waals surface area contributed by atoms with Crippen molar-refractivity contribution in [1.29, 1.82) is 0 Å². The molecule has 8 nitrogen and oxygen atoms in total. The molecule has 1 aromatic heterocycles. The summed E-state index contributed by atoms with van der Waals surface area (Å²) in [5.41, 5.74) is -1.47. The Morgan fingerprint density at radius 3 is 2.36 bits per heavy atom. The van der Waals surface area contributed by atoms with Gasteiger partial charge < -0.3 is 14.9 Å². The molecule has 2 aliphatic heterocycles. The van der Waals surface area contributed by atoms with Gasteiger partial charge in [-0.2, -0.15) is 17.9 Å². The molecule has 39 heavy (non-hydrogen) atoms. The standard InChI is InChI=1S/C27H26ClF3N4O4/c1-15-4-3-11-34(15)24(36)17-7-8-18-21(14-17)35(32-23(18)33-12-9-16(10-13-33)26(38)39)25(37)22-19(27(29,30)31)5-2-6-20(22)28/h2,5-8,14-16H,3-4,9-13H2,1H3,(H,38,39). The van der Waals surface area contributed by atoms with Gasteiger partial charge in [0.1, 0.15) is 0 Å². The highest BCUT2D eigenvalue weighted by atomic mass is 35.5. The van der Waals surface area contributed by atoms with Crippen LogP contribution in [0, 0.1) is 5.92 Å². The van der Waals surface area contributed by atoms with Crippen molar-refractivity contribution in [3.8, 4) is 0 Å². The van der Waals surface area contributed by atoms with E-state index in [-0.39, 0.29) is 28.1 Å². The van der Waals surface area contributed by atoms with E-state index in [9.17, 15) is 32.7 Å². The second-order valence-electron chi connectivity index (χ2n) is 10.0. The molecule has 206 valence electrons. The lowest BCUT2D eigenvalue weighted by Gasteiger charge is -2.30. The quantitative estimate of drug-likeness (QED) is 0.462. The van der Waals surface area contributed by atoms with Crippen LogP contribution in [0.1, 0.15) is 58.9 Å². The van der Waals surface area contributed by atoms with Crippen LogP contribution in [0.4, 0.5) is 19.0 Å². The van der Waals surface area contributed by atoms with Gasteiger partial charge >= 0.3 is 12.1 Å². The second kappa shape index (κ2) is 10.2. The van der Waals surface area contributed by atoms with Crippen molar-refractivity contribution < 1.29 is 32.7 Å². The number of benzene rings is 2. The predicted molar refractivity (Wildman–Crippen MR) is 138 cm³/mol. The number of hydrogen-bond donors (Lipinski definition) is 1. The molecule has 1 atom stereocenters. The molecular weight excluding hydrogens is 537 g/mol. The van der Waals surface area contributed by atoms with Crippen molar-refractivity contribution in [3.05, 3.63) is 58.1 Å². The van der Waals surface area contributed by atoms with Gasteiger partial charge in [0.2, 0.25) is 0 Å². The molecule has 2 aromatic carbocycles. The smallest absolute Gasteiger partial charge is 0.417 e. The summed E-state index contributed by atoms with van der Waals surface area (Å²) in [5, 5.41) is 13.9. The highest BCUT2D eigenvalue weighted by molar-refractivity contribution is 6.34. The van der Waals surface area contributed by atoms with E-state index in [1.54, 1.807) is 17.0 Å². The number of carboxylic acid groups (broad SMARTS) is 1. The Kier molecular flexibility index (Phi) is 7.04. The van der Waals surface area contributed by atoms with Gasteiger partial charge in [-0.1, -0.05) is 17.7 Å². The lowest BCUT2D eigenvalue weighted by molar-refractivity contribution is -0.142. The second-order valence-corrected chi connectivity index (χ2v) is 10.4. The van der Waals surface area contributed by atoms with Crippen LogP contribution in [0.3, 0.4) is 0 Å². The van der Waals surface area contributed by atoms with Gasteiger partial charge in [0.25, 0.3) is 11.8 Å². The summed E-state index contributed by atoms with van der Waals surface area (Å²) < 4.78 is 42.4. The molecule has 0 bridgehead atoms. The fourth-order valence-electron chi connectivity index (χ4n) is 5.44. The number of rotatable bonds is 4. The number of likely N-dealkylation sites (tertiary alicyclic amines) is 1. The molecule has 3 heterocycles. The number of carbonyl (C=O) groups is 3. The molecule has 2 saturated heterocycles. The summed E-state index contributed by atoms with van der Waals surface area (Å²) in [6, 6.07) is 7.89. The number of fused-ring (bicyclic) bond motifs is 1. The van der Waals surface area contributed by atoms with Crippen LogP contribution in [0.15, 0.2) is 36.4 Å². The Morgan fingerprint density at radius 1 is 1.03 bits per heavy atom. The summed E-state index contributed by atoms with van der Waals surface area (Å²) in [4.78, 5) is 41.9. The first-order valence-electron chi connectivity index (χ1n) is 12.7. The Balaban J connectivity index is 1.63. The van der Waals surface area contributed by atoms with E-state index in [0.29, 0.717) is 43.7 Å². The van der Waals surface area contributed by atoms with Gasteiger partial charge in [-0.3, -0.25) is 14.4 Å². The van der Waals surface area contributed by atoms with E-state index in [0.717, 1.165) is 29.7 Å². The zero-order chi connectivity index (χ0) is 28.1. The lowest BCUT2D eigenvalue weighted by atomic mass is 9.97. The van der Waals surface area contributed by atoms with E-state index < -0.39 is 35.1 Å². The first-order chi connectivity index (χ1) is 18.5. The molecule has 5 rings (SSSR count). The van der Waals surface area contributed by atoms with E-state index >= 15 is 0 Å². The van der Waals surface area contributed by atoms with E-state index in [4.69, 9.17) is 11.6 Å². The van der Waals surface area contributed by atoms with Crippen molar-refractivity contribution in [1.82, 2.24) is 14.7 Å². The molecule has 0 aliphatic carbocycles. The van der Waals surface area contributed by atoms with Gasteiger partial charge in [-0.05, 0) is 62.9 Å². The summed E-state index contributed by atoms with van der Waals surface area (Å²) in [7, 11) is 0. The number of aliphatic carboxylic acids is 1. The minimum absolute atomic E-state index is 0.0447. The zero-order valence-corrected chi connectivity index (χ0v) is 21.8. The van der Waals surface area contributed by atoms with Crippen LogP contribution in [0.25, 0.3) is 10.9 Å². The Labute approximate surface area is 226 Å². The third-order valence-electron chi connectivity index (χ3n) is 7.59. The van der Waals surface area contributed by atoms with Crippen molar-refractivity contribution in [2.24, 2.45) is 5.92 Å². The Bertz CT molecular complexity index is 1460. The first-order valence-corrected chi connectivity index (χ1v) is 13.1. The summed E-state index contributed by atoms with van der Waals surface area (Å²) >= 11 is 6.13. The molecule has 0 saturated carbocycles. The van der Waals surface area contributed by atoms with Crippen molar-refractivity contribution in [2.75, 3.05) is 24.5 Å². The maximum atomic E-state index is 13.8. The number of carboxylic acids is 1. The first kappa shape index (κ1) is 27.0. The van der Waals surface area contributed by atoms with Crippen LogP contribution < -0.4 is 4.90 Å². The van der Waals surface area contributed by atoms with Crippen LogP contribution in [0.2, 0.25) is 5.02 Å². The average molecular weight is 563 g/mol. The molecule has 3 aromatic rings. The molecule has 0 spiro atoms. The van der Waals surface area contributed by atoms with Gasteiger partial charge in [0.15, 0.2) is 5.82 Å². The van der Waals surface area contributed by atoms with Crippen LogP contribution >= 0.6 is 11.6 Å². The van der Waals surface area contributed by atoms with Crippen LogP contribution in [0.5, 0.6) is 0 Å². The van der Waals surface area contributed by atoms with Crippen molar-refractivity contribution in [2.45, 2.75) is 44.8 Å². The van der Waals surface area contributed by atoms with Gasteiger partial charge in [-0.25, -0.2) is 0 Å². The molecule has 2 fully saturated rings. The molecule has 1 N–H and O–H groups in total. The molecular formula is C27H26ClF3N4O4. The highest BCUT2D eigenvalue weighted by Crippen LogP contribution is 2.37. The zero-order valence-electron chi connectivity index (χ0n) is 21.0. The Hall–Kier alpha value is -3.60. The van der Waals surface area contributed by atoms with Crippen molar-refractivity contribution in [3.63, 3.8) is 0 Å². The number of alkyl halides is 3. The number of halogens is 4. The van der Waals surface area contributed by atoms with Gasteiger partial charge in [0, 0.05) is 36.6 Å². The van der Waals surface area contributed by atoms with E-state index in [1.807, 2.05) is 11.8 Å². The lowest BCUT2D eigenvalue weighted by Crippen LogP contribution is -2.36. The van der Waals surface area contributed by atoms with E-state index in [2.05, 4.69) is 5.10 Å². The molecule has 12 heteroatoms. The number of aromatic nitrogens is 2. The minimum atomic E-state index is -4.84. The number of hydrogen-bond acceptors (Lipinski definition) is 5. The normalized spacial score (nSPS) is 18.6. The highest BCUT2D eigenvalue weighted by Gasteiger charge is 2.38. The van der Waals surface area contributed by atoms with E-state index in [1.165, 1.54) is 12.1 Å². The summed E-state index contributed by atoms with van der Waals surface area (Å²) in [6.07, 6.45) is -2.40. The average Bonchev–Trinajstić information content (AvgIpc) is 3.50. The Morgan fingerprint density at radius 2 is 1.74 bits per heavy atom. The molecule has 2 aliphatic rings. The number of nitrogens with zero attached hydrogens (tertiary/aromatic N) is 4. The number of carbonyl (C=O) groups excluding carboxylic acids is 2. The molecule has 0 radical (unpaired) electrons. The fraction of sp³-hybridized carbons (Fsp3) is 0.407. The van der Waals surface area contributed by atoms with Gasteiger partial charge in [-0.15, -0.1) is 5.10 Å². The molecule has 1 amide bonds. The number of amides is 1. The fourth-order valence-corrected chi connectivity index (χ4v) is 5.70. The summed E-state index contributed by atoms with van der Waals surface area (Å²) in [5.74, 6) is -2.39. The van der Waals surface area contributed by atoms with Gasteiger partial charge in [0.05, 0.1) is 27.6 Å². The summed E-state index contributed by atoms with van der Waals surface area (Å²) in [6.45, 7) is 3.22. The predicted octanol–water partition coefficient (Wildman–Crippen LogP) is 5.32. The maximum absolute atomic E-state index is 13.8.